The van der Waals surface area contributed by atoms with E-state index in [1.165, 1.54) is 0 Å². The van der Waals surface area contributed by atoms with Crippen molar-refractivity contribution in [2.24, 2.45) is 0 Å². The summed E-state index contributed by atoms with van der Waals surface area (Å²) in [4.78, 5) is 14.3. The molecule has 2 amide bonds. The SMILES string of the molecule is Cc1cccc(NC(=O)N(CCC[NH3+])c2ccccc2)c1. The molecule has 0 bridgehead atoms. The van der Waals surface area contributed by atoms with Crippen LogP contribution in [-0.2, 0) is 0 Å². The number of hydrogen-bond acceptors (Lipinski definition) is 1. The fourth-order valence-electron chi connectivity index (χ4n) is 2.14. The lowest BCUT2D eigenvalue weighted by molar-refractivity contribution is -0.367. The monoisotopic (exact) mass is 284 g/mol. The van der Waals surface area contributed by atoms with Gasteiger partial charge in [-0.05, 0) is 36.8 Å². The van der Waals surface area contributed by atoms with Crippen molar-refractivity contribution in [1.29, 1.82) is 0 Å². The predicted octanol–water partition coefficient (Wildman–Crippen LogP) is 2.67. The molecule has 0 aliphatic heterocycles. The Bertz CT molecular complexity index is 584. The largest absolute Gasteiger partial charge is 0.358 e. The van der Waals surface area contributed by atoms with Gasteiger partial charge in [0, 0.05) is 24.3 Å². The maximum absolute atomic E-state index is 12.5. The van der Waals surface area contributed by atoms with Gasteiger partial charge in [-0.2, -0.15) is 0 Å². The molecule has 4 N–H and O–H groups in total. The smallest absolute Gasteiger partial charge is 0.326 e. The molecule has 21 heavy (non-hydrogen) atoms. The van der Waals surface area contributed by atoms with Crippen LogP contribution in [0.25, 0.3) is 0 Å². The van der Waals surface area contributed by atoms with E-state index in [0.29, 0.717) is 6.54 Å². The van der Waals surface area contributed by atoms with E-state index in [1.54, 1.807) is 4.90 Å². The highest BCUT2D eigenvalue weighted by atomic mass is 16.2. The second-order valence-electron chi connectivity index (χ2n) is 4.99. The number of quaternary nitrogens is 1. The fraction of sp³-hybridized carbons (Fsp3) is 0.235. The molecule has 2 aromatic rings. The first-order chi connectivity index (χ1) is 10.2. The van der Waals surface area contributed by atoms with Crippen LogP contribution in [0.1, 0.15) is 12.0 Å². The summed E-state index contributed by atoms with van der Waals surface area (Å²) in [6.07, 6.45) is 0.871. The van der Waals surface area contributed by atoms with Gasteiger partial charge in [0.1, 0.15) is 0 Å². The molecule has 0 fully saturated rings. The molecule has 0 heterocycles. The van der Waals surface area contributed by atoms with Gasteiger partial charge in [-0.25, -0.2) is 4.79 Å². The number of rotatable bonds is 5. The second kappa shape index (κ2) is 7.45. The van der Waals surface area contributed by atoms with Crippen molar-refractivity contribution in [3.05, 3.63) is 60.2 Å². The summed E-state index contributed by atoms with van der Waals surface area (Å²) in [6, 6.07) is 17.4. The number of carbonyl (C=O) groups excluding carboxylic acids is 1. The molecule has 110 valence electrons. The Morgan fingerprint density at radius 3 is 2.57 bits per heavy atom. The minimum absolute atomic E-state index is 0.111. The summed E-state index contributed by atoms with van der Waals surface area (Å²) in [6.45, 7) is 3.47. The maximum atomic E-state index is 12.5. The zero-order chi connectivity index (χ0) is 15.1. The molecule has 2 aromatic carbocycles. The molecule has 0 aliphatic rings. The van der Waals surface area contributed by atoms with Crippen LogP contribution < -0.4 is 16.0 Å². The molecule has 0 aliphatic carbocycles. The summed E-state index contributed by atoms with van der Waals surface area (Å²) >= 11 is 0. The van der Waals surface area contributed by atoms with E-state index in [2.05, 4.69) is 11.1 Å². The van der Waals surface area contributed by atoms with E-state index in [0.717, 1.165) is 29.9 Å². The summed E-state index contributed by atoms with van der Waals surface area (Å²) < 4.78 is 0. The molecule has 0 saturated heterocycles. The van der Waals surface area contributed by atoms with E-state index in [-0.39, 0.29) is 6.03 Å². The first kappa shape index (κ1) is 15.1. The number of para-hydroxylation sites is 1. The first-order valence-corrected chi connectivity index (χ1v) is 7.20. The Morgan fingerprint density at radius 2 is 1.90 bits per heavy atom. The van der Waals surface area contributed by atoms with Gasteiger partial charge in [0.15, 0.2) is 0 Å². The number of anilines is 2. The predicted molar refractivity (Wildman–Crippen MR) is 86.4 cm³/mol. The Hall–Kier alpha value is -2.33. The number of amides is 2. The van der Waals surface area contributed by atoms with Crippen molar-refractivity contribution in [3.63, 3.8) is 0 Å². The van der Waals surface area contributed by atoms with E-state index in [4.69, 9.17) is 0 Å². The van der Waals surface area contributed by atoms with Crippen LogP contribution in [0.15, 0.2) is 54.6 Å². The number of nitrogens with one attached hydrogen (secondary N) is 1. The van der Waals surface area contributed by atoms with Gasteiger partial charge >= 0.3 is 6.03 Å². The van der Waals surface area contributed by atoms with Crippen LogP contribution in [0.2, 0.25) is 0 Å². The lowest BCUT2D eigenvalue weighted by atomic mass is 10.2. The molecule has 0 aromatic heterocycles. The van der Waals surface area contributed by atoms with Crippen LogP contribution >= 0.6 is 0 Å². The summed E-state index contributed by atoms with van der Waals surface area (Å²) in [5, 5.41) is 2.96. The Kier molecular flexibility index (Phi) is 5.35. The lowest BCUT2D eigenvalue weighted by Crippen LogP contribution is -2.51. The molecular weight excluding hydrogens is 262 g/mol. The maximum Gasteiger partial charge on any atom is 0.326 e. The summed E-state index contributed by atoms with van der Waals surface area (Å²) in [5.74, 6) is 0. The average Bonchev–Trinajstić information content (AvgIpc) is 2.49. The van der Waals surface area contributed by atoms with Gasteiger partial charge in [-0.1, -0.05) is 30.3 Å². The van der Waals surface area contributed by atoms with Gasteiger partial charge in [-0.3, -0.25) is 4.90 Å². The lowest BCUT2D eigenvalue weighted by Gasteiger charge is -2.22. The number of carbonyl (C=O) groups is 1. The van der Waals surface area contributed by atoms with E-state index < -0.39 is 0 Å². The van der Waals surface area contributed by atoms with Crippen molar-refractivity contribution in [2.75, 3.05) is 23.3 Å². The number of nitrogens with zero attached hydrogens (tertiary/aromatic N) is 1. The Balaban J connectivity index is 2.14. The van der Waals surface area contributed by atoms with Crippen molar-refractivity contribution in [1.82, 2.24) is 0 Å². The van der Waals surface area contributed by atoms with Crippen molar-refractivity contribution in [2.45, 2.75) is 13.3 Å². The quantitative estimate of drug-likeness (QED) is 0.871. The minimum atomic E-state index is -0.111. The first-order valence-electron chi connectivity index (χ1n) is 7.20. The molecule has 0 spiro atoms. The van der Waals surface area contributed by atoms with E-state index >= 15 is 0 Å². The third kappa shape index (κ3) is 4.33. The zero-order valence-corrected chi connectivity index (χ0v) is 12.4. The van der Waals surface area contributed by atoms with Crippen molar-refractivity contribution < 1.29 is 10.5 Å². The van der Waals surface area contributed by atoms with Gasteiger partial charge < -0.3 is 11.1 Å². The van der Waals surface area contributed by atoms with Crippen molar-refractivity contribution >= 4 is 17.4 Å². The van der Waals surface area contributed by atoms with E-state index in [1.807, 2.05) is 61.5 Å². The number of hydrogen-bond donors (Lipinski definition) is 2. The highest BCUT2D eigenvalue weighted by Crippen LogP contribution is 2.16. The molecule has 4 nitrogen and oxygen atoms in total. The van der Waals surface area contributed by atoms with Gasteiger partial charge in [-0.15, -0.1) is 0 Å². The van der Waals surface area contributed by atoms with Crippen LogP contribution in [0.5, 0.6) is 0 Å². The highest BCUT2D eigenvalue weighted by molar-refractivity contribution is 6.01. The van der Waals surface area contributed by atoms with Gasteiger partial charge in [0.2, 0.25) is 0 Å². The Labute approximate surface area is 125 Å². The third-order valence-electron chi connectivity index (χ3n) is 3.21. The van der Waals surface area contributed by atoms with Gasteiger partial charge in [0.05, 0.1) is 6.54 Å². The number of urea groups is 1. The molecule has 0 saturated carbocycles. The van der Waals surface area contributed by atoms with Crippen LogP contribution in [-0.4, -0.2) is 19.1 Å². The Morgan fingerprint density at radius 1 is 1.14 bits per heavy atom. The van der Waals surface area contributed by atoms with Gasteiger partial charge in [0.25, 0.3) is 0 Å². The summed E-state index contributed by atoms with van der Waals surface area (Å²) in [5.41, 5.74) is 6.68. The highest BCUT2D eigenvalue weighted by Gasteiger charge is 2.15. The minimum Gasteiger partial charge on any atom is -0.358 e. The fourth-order valence-corrected chi connectivity index (χ4v) is 2.14. The molecule has 0 unspecified atom stereocenters. The average molecular weight is 284 g/mol. The molecule has 4 heteroatoms. The van der Waals surface area contributed by atoms with Crippen LogP contribution in [0, 0.1) is 6.92 Å². The molecule has 2 rings (SSSR count). The third-order valence-corrected chi connectivity index (χ3v) is 3.21. The normalized spacial score (nSPS) is 10.2. The van der Waals surface area contributed by atoms with E-state index in [9.17, 15) is 4.79 Å². The standard InChI is InChI=1S/C17H21N3O/c1-14-7-5-8-15(13-14)19-17(21)20(12-6-11-18)16-9-3-2-4-10-16/h2-5,7-10,13H,6,11-12,18H2,1H3,(H,19,21)/p+1. The zero-order valence-electron chi connectivity index (χ0n) is 12.4. The summed E-state index contributed by atoms with van der Waals surface area (Å²) in [7, 11) is 0. The topological polar surface area (TPSA) is 60.0 Å². The number of aryl methyl sites for hydroxylation is 1. The van der Waals surface area contributed by atoms with Crippen LogP contribution in [0.3, 0.4) is 0 Å². The second-order valence-corrected chi connectivity index (χ2v) is 4.99. The molecule has 0 radical (unpaired) electrons. The molecule has 0 atom stereocenters. The number of benzene rings is 2. The van der Waals surface area contributed by atoms with Crippen molar-refractivity contribution in [3.8, 4) is 0 Å². The van der Waals surface area contributed by atoms with Crippen LogP contribution in [0.4, 0.5) is 16.2 Å². The molecular formula is C17H22N3O+.